The van der Waals surface area contributed by atoms with Gasteiger partial charge in [0.1, 0.15) is 11.5 Å². The molecular formula is C29H36Cl2N8O2. The van der Waals surface area contributed by atoms with E-state index >= 15 is 0 Å². The van der Waals surface area contributed by atoms with Crippen LogP contribution in [0, 0.1) is 0 Å². The summed E-state index contributed by atoms with van der Waals surface area (Å²) in [5, 5.41) is 15.9. The molecule has 1 unspecified atom stereocenters. The molecule has 12 heteroatoms. The van der Waals surface area contributed by atoms with E-state index in [4.69, 9.17) is 23.2 Å². The van der Waals surface area contributed by atoms with Crippen LogP contribution in [0.4, 0.5) is 5.82 Å². The predicted molar refractivity (Wildman–Crippen MR) is 161 cm³/mol. The second kappa shape index (κ2) is 10.6. The third-order valence-corrected chi connectivity index (χ3v) is 8.93. The van der Waals surface area contributed by atoms with Crippen LogP contribution in [0.2, 0.25) is 10.2 Å². The molecule has 10 nitrogen and oxygen atoms in total. The third-order valence-electron chi connectivity index (χ3n) is 8.36. The summed E-state index contributed by atoms with van der Waals surface area (Å²) in [5.74, 6) is 0.956. The van der Waals surface area contributed by atoms with Gasteiger partial charge in [0.25, 0.3) is 5.91 Å². The topological polar surface area (TPSA) is 111 Å². The van der Waals surface area contributed by atoms with Crippen LogP contribution in [0.5, 0.6) is 0 Å². The first-order valence-electron chi connectivity index (χ1n) is 14.2. The van der Waals surface area contributed by atoms with Gasteiger partial charge < -0.3 is 20.1 Å². The molecule has 3 aromatic rings. The number of likely N-dealkylation sites (tertiary alicyclic amines) is 2. The van der Waals surface area contributed by atoms with E-state index in [1.54, 1.807) is 4.90 Å². The van der Waals surface area contributed by atoms with E-state index < -0.39 is 0 Å². The van der Waals surface area contributed by atoms with Crippen LogP contribution in [-0.4, -0.2) is 79.6 Å². The number of aromatic amines is 1. The Labute approximate surface area is 249 Å². The van der Waals surface area contributed by atoms with Gasteiger partial charge in [-0.3, -0.25) is 19.6 Å². The van der Waals surface area contributed by atoms with Crippen LogP contribution < -0.4 is 10.6 Å². The molecule has 1 atom stereocenters. The Morgan fingerprint density at radius 1 is 1.15 bits per heavy atom. The van der Waals surface area contributed by atoms with Crippen LogP contribution >= 0.6 is 23.2 Å². The summed E-state index contributed by atoms with van der Waals surface area (Å²) < 4.78 is 2.02. The highest BCUT2D eigenvalue weighted by Gasteiger charge is 2.38. The van der Waals surface area contributed by atoms with Gasteiger partial charge in [0.2, 0.25) is 5.91 Å². The molecule has 4 heterocycles. The smallest absolute Gasteiger partial charge is 0.271 e. The number of benzene rings is 1. The summed E-state index contributed by atoms with van der Waals surface area (Å²) >= 11 is 13.2. The molecule has 1 aliphatic carbocycles. The number of rotatable bonds is 8. The number of carbonyl (C=O) groups excluding carboxylic acids is 2. The van der Waals surface area contributed by atoms with Crippen LogP contribution in [0.25, 0.3) is 10.9 Å². The van der Waals surface area contributed by atoms with Crippen molar-refractivity contribution in [3.63, 3.8) is 0 Å². The summed E-state index contributed by atoms with van der Waals surface area (Å²) in [6.45, 7) is 13.0. The van der Waals surface area contributed by atoms with E-state index in [0.717, 1.165) is 36.0 Å². The molecule has 0 radical (unpaired) electrons. The van der Waals surface area contributed by atoms with Crippen molar-refractivity contribution in [3.05, 3.63) is 52.0 Å². The van der Waals surface area contributed by atoms with E-state index in [0.29, 0.717) is 48.0 Å². The van der Waals surface area contributed by atoms with Crippen molar-refractivity contribution in [1.82, 2.24) is 34.9 Å². The molecule has 2 aromatic heterocycles. The Bertz CT molecular complexity index is 1510. The van der Waals surface area contributed by atoms with Gasteiger partial charge >= 0.3 is 0 Å². The second-order valence-corrected chi connectivity index (χ2v) is 13.1. The predicted octanol–water partition coefficient (Wildman–Crippen LogP) is 4.51. The average molecular weight is 600 g/mol. The maximum absolute atomic E-state index is 13.6. The number of carbonyl (C=O) groups is 2. The molecule has 1 aromatic carbocycles. The van der Waals surface area contributed by atoms with Crippen LogP contribution in [0.3, 0.4) is 0 Å². The first-order valence-corrected chi connectivity index (χ1v) is 14.9. The van der Waals surface area contributed by atoms with Crippen molar-refractivity contribution in [3.8, 4) is 0 Å². The van der Waals surface area contributed by atoms with Gasteiger partial charge in [0, 0.05) is 48.7 Å². The monoisotopic (exact) mass is 598 g/mol. The molecule has 6 rings (SSSR count). The minimum atomic E-state index is -0.274. The summed E-state index contributed by atoms with van der Waals surface area (Å²) in [6.07, 6.45) is 4.66. The molecule has 1 saturated carbocycles. The van der Waals surface area contributed by atoms with Crippen LogP contribution in [0.1, 0.15) is 68.0 Å². The van der Waals surface area contributed by atoms with Crippen molar-refractivity contribution < 1.29 is 9.59 Å². The number of nitrogens with one attached hydrogen (secondary N) is 3. The lowest BCUT2D eigenvalue weighted by molar-refractivity contribution is -0.130. The summed E-state index contributed by atoms with van der Waals surface area (Å²) in [6, 6.07) is 4.56. The normalized spacial score (nSPS) is 19.9. The number of hydrogen-bond acceptors (Lipinski definition) is 6. The third kappa shape index (κ3) is 5.45. The summed E-state index contributed by atoms with van der Waals surface area (Å²) in [4.78, 5) is 34.2. The second-order valence-electron chi connectivity index (χ2n) is 12.4. The zero-order chi connectivity index (χ0) is 29.1. The van der Waals surface area contributed by atoms with E-state index in [-0.39, 0.29) is 34.5 Å². The van der Waals surface area contributed by atoms with Crippen molar-refractivity contribution in [2.45, 2.75) is 70.1 Å². The molecule has 2 amide bonds. The Morgan fingerprint density at radius 2 is 1.90 bits per heavy atom. The standard InChI is InChI=1S/C29H36Cl2N8O2/c1-5-24(40)38-13-16(14-38)33-28(41)25-26(31)34-23(39(25)18-8-9-37(15-18)17-6-7-17)12-32-27-19-10-20(29(2,3)4)21(30)11-22(19)35-36-27/h5,10-11,16-18H,1,6-9,12-15H2,2-4H3,(H,33,41)(H2,32,35,36). The van der Waals surface area contributed by atoms with E-state index in [1.165, 1.54) is 18.9 Å². The molecule has 41 heavy (non-hydrogen) atoms. The summed E-state index contributed by atoms with van der Waals surface area (Å²) in [5.41, 5.74) is 2.12. The number of halogens is 2. The maximum atomic E-state index is 13.6. The zero-order valence-corrected chi connectivity index (χ0v) is 25.1. The molecule has 3 N–H and O–H groups in total. The molecule has 2 saturated heterocycles. The summed E-state index contributed by atoms with van der Waals surface area (Å²) in [7, 11) is 0. The van der Waals surface area contributed by atoms with E-state index in [1.807, 2.05) is 10.6 Å². The number of H-pyrrole nitrogens is 1. The lowest BCUT2D eigenvalue weighted by Gasteiger charge is -2.39. The highest BCUT2D eigenvalue weighted by Crippen LogP contribution is 2.37. The first kappa shape index (κ1) is 28.1. The largest absolute Gasteiger partial charge is 0.361 e. The zero-order valence-electron chi connectivity index (χ0n) is 23.6. The molecule has 0 bridgehead atoms. The Hall–Kier alpha value is -3.08. The maximum Gasteiger partial charge on any atom is 0.271 e. The number of fused-ring (bicyclic) bond motifs is 1. The highest BCUT2D eigenvalue weighted by molar-refractivity contribution is 6.32. The van der Waals surface area contributed by atoms with Gasteiger partial charge in [-0.05, 0) is 48.4 Å². The number of imidazole rings is 1. The quantitative estimate of drug-likeness (QED) is 0.329. The van der Waals surface area contributed by atoms with Crippen LogP contribution in [0.15, 0.2) is 24.8 Å². The number of hydrogen-bond donors (Lipinski definition) is 3. The molecule has 0 spiro atoms. The van der Waals surface area contributed by atoms with E-state index in [9.17, 15) is 9.59 Å². The molecular weight excluding hydrogens is 563 g/mol. The lowest BCUT2D eigenvalue weighted by atomic mass is 9.86. The molecule has 3 aliphatic rings. The molecule has 218 valence electrons. The fourth-order valence-electron chi connectivity index (χ4n) is 5.96. The van der Waals surface area contributed by atoms with Crippen molar-refractivity contribution in [2.24, 2.45) is 0 Å². The Balaban J connectivity index is 1.26. The van der Waals surface area contributed by atoms with Gasteiger partial charge in [-0.1, -0.05) is 50.6 Å². The van der Waals surface area contributed by atoms with E-state index in [2.05, 4.69) is 64.1 Å². The highest BCUT2D eigenvalue weighted by atomic mass is 35.5. The number of nitrogens with zero attached hydrogens (tertiary/aromatic N) is 5. The fraction of sp³-hybridized carbons (Fsp3) is 0.517. The van der Waals surface area contributed by atoms with Crippen molar-refractivity contribution in [2.75, 3.05) is 31.5 Å². The molecule has 3 fully saturated rings. The minimum Gasteiger partial charge on any atom is -0.361 e. The van der Waals surface area contributed by atoms with Gasteiger partial charge in [-0.2, -0.15) is 5.10 Å². The number of amides is 2. The SMILES string of the molecule is C=CC(=O)N1CC(NC(=O)c2c(Cl)nc(CNc3n[nH]c4cc(Cl)c(C(C)(C)C)cc34)n2C2CCN(C3CC3)C2)C1. The van der Waals surface area contributed by atoms with Gasteiger partial charge in [-0.15, -0.1) is 0 Å². The molecule has 2 aliphatic heterocycles. The lowest BCUT2D eigenvalue weighted by Crippen LogP contribution is -2.60. The van der Waals surface area contributed by atoms with Gasteiger partial charge in [0.05, 0.1) is 18.1 Å². The van der Waals surface area contributed by atoms with Gasteiger partial charge in [-0.25, -0.2) is 4.98 Å². The number of aromatic nitrogens is 4. The fourth-order valence-corrected chi connectivity index (χ4v) is 6.68. The first-order chi connectivity index (χ1) is 19.5. The van der Waals surface area contributed by atoms with Crippen LogP contribution in [-0.2, 0) is 16.8 Å². The Kier molecular flexibility index (Phi) is 7.28. The number of anilines is 1. The van der Waals surface area contributed by atoms with Crippen molar-refractivity contribution in [1.29, 1.82) is 0 Å². The van der Waals surface area contributed by atoms with Crippen molar-refractivity contribution >= 4 is 51.7 Å². The average Bonchev–Trinajstić information content (AvgIpc) is 3.35. The Morgan fingerprint density at radius 3 is 2.59 bits per heavy atom. The van der Waals surface area contributed by atoms with Gasteiger partial charge in [0.15, 0.2) is 11.0 Å². The minimum absolute atomic E-state index is 0.0793.